The summed E-state index contributed by atoms with van der Waals surface area (Å²) in [5.74, 6) is 0. The molecule has 1 aliphatic heterocycles. The highest BCUT2D eigenvalue weighted by Crippen LogP contribution is 2.23. The van der Waals surface area contributed by atoms with E-state index in [1.165, 1.54) is 0 Å². The predicted octanol–water partition coefficient (Wildman–Crippen LogP) is 1.61. The standard InChI is InChI=1S/C6H10IO3P/c7-11-10-4-6-3-5(8)1-2-9-6/h1-2,5-6,8,11H,3-4H2. The molecule has 0 amide bonds. The fraction of sp³-hybridized carbons (Fsp3) is 0.667. The van der Waals surface area contributed by atoms with Crippen molar-refractivity contribution >= 4 is 28.5 Å². The molecule has 3 atom stereocenters. The lowest BCUT2D eigenvalue weighted by Gasteiger charge is -2.21. The molecule has 1 rings (SSSR count). The van der Waals surface area contributed by atoms with Crippen molar-refractivity contribution in [1.29, 1.82) is 0 Å². The van der Waals surface area contributed by atoms with Crippen molar-refractivity contribution in [1.82, 2.24) is 0 Å². The Morgan fingerprint density at radius 2 is 2.64 bits per heavy atom. The first kappa shape index (κ1) is 9.71. The molecule has 0 aromatic carbocycles. The van der Waals surface area contributed by atoms with E-state index in [0.29, 0.717) is 19.5 Å². The highest BCUT2D eigenvalue weighted by Gasteiger charge is 2.16. The van der Waals surface area contributed by atoms with E-state index in [1.807, 2.05) is 0 Å². The molecule has 0 saturated carbocycles. The van der Waals surface area contributed by atoms with Crippen LogP contribution >= 0.6 is 28.5 Å². The normalized spacial score (nSPS) is 31.1. The van der Waals surface area contributed by atoms with E-state index in [-0.39, 0.29) is 12.2 Å². The van der Waals surface area contributed by atoms with Crippen LogP contribution in [0, 0.1) is 0 Å². The first-order valence-electron chi connectivity index (χ1n) is 3.30. The average molecular weight is 288 g/mol. The van der Waals surface area contributed by atoms with E-state index in [1.54, 1.807) is 12.3 Å². The minimum absolute atomic E-state index is 0.0252. The Morgan fingerprint density at radius 1 is 1.82 bits per heavy atom. The number of ether oxygens (including phenoxy) is 1. The maximum Gasteiger partial charge on any atom is 0.124 e. The van der Waals surface area contributed by atoms with Crippen LogP contribution in [0.25, 0.3) is 0 Å². The second-order valence-electron chi connectivity index (χ2n) is 2.28. The molecule has 0 radical (unpaired) electrons. The van der Waals surface area contributed by atoms with Crippen LogP contribution in [0.4, 0.5) is 0 Å². The molecule has 3 nitrogen and oxygen atoms in total. The van der Waals surface area contributed by atoms with Crippen LogP contribution in [-0.4, -0.2) is 23.9 Å². The van der Waals surface area contributed by atoms with Crippen molar-refractivity contribution in [2.24, 2.45) is 0 Å². The fourth-order valence-corrected chi connectivity index (χ4v) is 1.67. The third-order valence-electron chi connectivity index (χ3n) is 1.40. The topological polar surface area (TPSA) is 38.7 Å². The monoisotopic (exact) mass is 288 g/mol. The Morgan fingerprint density at radius 3 is 3.27 bits per heavy atom. The van der Waals surface area contributed by atoms with Crippen LogP contribution in [0.5, 0.6) is 0 Å². The molecular weight excluding hydrogens is 278 g/mol. The van der Waals surface area contributed by atoms with Gasteiger partial charge >= 0.3 is 0 Å². The summed E-state index contributed by atoms with van der Waals surface area (Å²) in [7, 11) is 0. The van der Waals surface area contributed by atoms with E-state index in [2.05, 4.69) is 22.0 Å². The molecule has 3 unspecified atom stereocenters. The van der Waals surface area contributed by atoms with Gasteiger partial charge in [-0.1, -0.05) is 0 Å². The van der Waals surface area contributed by atoms with Crippen molar-refractivity contribution in [3.05, 3.63) is 12.3 Å². The predicted molar refractivity (Wildman–Crippen MR) is 52.9 cm³/mol. The summed E-state index contributed by atoms with van der Waals surface area (Å²) in [5, 5.41) is 9.16. The molecule has 0 aromatic rings. The zero-order valence-corrected chi connectivity index (χ0v) is 9.02. The molecule has 0 fully saturated rings. The molecule has 5 heteroatoms. The lowest BCUT2D eigenvalue weighted by Crippen LogP contribution is -2.25. The first-order chi connectivity index (χ1) is 5.33. The van der Waals surface area contributed by atoms with Crippen LogP contribution in [0.15, 0.2) is 12.3 Å². The van der Waals surface area contributed by atoms with Gasteiger partial charge in [0.1, 0.15) is 6.10 Å². The van der Waals surface area contributed by atoms with Crippen LogP contribution in [0.2, 0.25) is 0 Å². The van der Waals surface area contributed by atoms with Crippen LogP contribution in [0.3, 0.4) is 0 Å². The number of rotatable bonds is 3. The molecule has 0 aliphatic carbocycles. The maximum absolute atomic E-state index is 9.16. The van der Waals surface area contributed by atoms with Gasteiger partial charge in [-0.2, -0.15) is 0 Å². The molecule has 0 aromatic heterocycles. The van der Waals surface area contributed by atoms with Crippen molar-refractivity contribution < 1.29 is 14.4 Å². The lowest BCUT2D eigenvalue weighted by atomic mass is 10.1. The quantitative estimate of drug-likeness (QED) is 0.633. The van der Waals surface area contributed by atoms with Gasteiger partial charge in [0.05, 0.1) is 25.4 Å². The van der Waals surface area contributed by atoms with Crippen LogP contribution in [0.1, 0.15) is 6.42 Å². The lowest BCUT2D eigenvalue weighted by molar-refractivity contribution is 0.0373. The Kier molecular flexibility index (Phi) is 4.67. The number of halogens is 1. The number of aliphatic hydroxyl groups excluding tert-OH is 1. The molecule has 1 heterocycles. The van der Waals surface area contributed by atoms with Gasteiger partial charge in [-0.05, 0) is 28.1 Å². The molecule has 11 heavy (non-hydrogen) atoms. The highest BCUT2D eigenvalue weighted by molar-refractivity contribution is 14.2. The van der Waals surface area contributed by atoms with Gasteiger partial charge in [0.15, 0.2) is 0 Å². The van der Waals surface area contributed by atoms with Crippen molar-refractivity contribution in [3.8, 4) is 0 Å². The molecular formula is C6H10IO3P. The van der Waals surface area contributed by atoms with Gasteiger partial charge in [0.2, 0.25) is 0 Å². The van der Waals surface area contributed by atoms with Gasteiger partial charge in [-0.25, -0.2) is 0 Å². The number of hydrogen-bond acceptors (Lipinski definition) is 3. The van der Waals surface area contributed by atoms with E-state index in [0.717, 1.165) is 0 Å². The van der Waals surface area contributed by atoms with E-state index < -0.39 is 0 Å². The minimum atomic E-state index is -0.366. The van der Waals surface area contributed by atoms with Crippen LogP contribution < -0.4 is 0 Å². The zero-order valence-electron chi connectivity index (χ0n) is 5.87. The van der Waals surface area contributed by atoms with Crippen molar-refractivity contribution in [2.45, 2.75) is 18.6 Å². The van der Waals surface area contributed by atoms with Gasteiger partial charge in [0, 0.05) is 6.42 Å². The van der Waals surface area contributed by atoms with Crippen molar-refractivity contribution in [2.75, 3.05) is 6.61 Å². The van der Waals surface area contributed by atoms with E-state index in [9.17, 15) is 0 Å². The third kappa shape index (κ3) is 3.69. The summed E-state index contributed by atoms with van der Waals surface area (Å²) < 4.78 is 10.4. The zero-order chi connectivity index (χ0) is 8.10. The SMILES string of the molecule is OC1C=COC(COPI)C1. The number of hydrogen-bond donors (Lipinski definition) is 1. The molecule has 1 aliphatic rings. The van der Waals surface area contributed by atoms with Gasteiger partial charge < -0.3 is 14.4 Å². The Hall–Kier alpha value is 0.620. The fourth-order valence-electron chi connectivity index (χ4n) is 0.882. The highest BCUT2D eigenvalue weighted by atomic mass is 127. The third-order valence-corrected chi connectivity index (χ3v) is 2.61. The minimum Gasteiger partial charge on any atom is -0.496 e. The molecule has 0 spiro atoms. The smallest absolute Gasteiger partial charge is 0.124 e. The summed E-state index contributed by atoms with van der Waals surface area (Å²) in [6, 6.07) is 0. The Bertz CT molecular complexity index is 142. The maximum atomic E-state index is 9.16. The largest absolute Gasteiger partial charge is 0.496 e. The van der Waals surface area contributed by atoms with Crippen LogP contribution in [-0.2, 0) is 9.26 Å². The van der Waals surface area contributed by atoms with Crippen molar-refractivity contribution in [3.63, 3.8) is 0 Å². The molecule has 0 bridgehead atoms. The van der Waals surface area contributed by atoms with E-state index >= 15 is 0 Å². The first-order valence-corrected chi connectivity index (χ1v) is 7.33. The summed E-state index contributed by atoms with van der Waals surface area (Å²) in [4.78, 5) is 0. The molecule has 1 N–H and O–H groups in total. The van der Waals surface area contributed by atoms with Gasteiger partial charge in [-0.3, -0.25) is 0 Å². The second kappa shape index (κ2) is 5.30. The molecule has 0 saturated heterocycles. The second-order valence-corrected chi connectivity index (χ2v) is 4.04. The summed E-state index contributed by atoms with van der Waals surface area (Å²) in [5.41, 5.74) is 0. The summed E-state index contributed by atoms with van der Waals surface area (Å²) >= 11 is 2.16. The summed E-state index contributed by atoms with van der Waals surface area (Å²) in [6.07, 6.45) is 3.48. The van der Waals surface area contributed by atoms with Gasteiger partial charge in [0.25, 0.3) is 0 Å². The Balaban J connectivity index is 2.20. The molecule has 64 valence electrons. The summed E-state index contributed by atoms with van der Waals surface area (Å²) in [6.45, 7) is 1.03. The average Bonchev–Trinajstić information content (AvgIpc) is 2.01. The van der Waals surface area contributed by atoms with E-state index in [4.69, 9.17) is 14.4 Å². The van der Waals surface area contributed by atoms with Gasteiger partial charge in [-0.15, -0.1) is 0 Å². The number of aliphatic hydroxyl groups is 1. The Labute approximate surface area is 80.5 Å².